The van der Waals surface area contributed by atoms with E-state index in [0.717, 1.165) is 0 Å². The Morgan fingerprint density at radius 2 is 2.43 bits per heavy atom. The van der Waals surface area contributed by atoms with E-state index in [-0.39, 0.29) is 0 Å². The molecule has 2 N–H and O–H groups in total. The second kappa shape index (κ2) is 3.43. The van der Waals surface area contributed by atoms with Gasteiger partial charge in [-0.05, 0) is 0 Å². The van der Waals surface area contributed by atoms with Gasteiger partial charge in [0, 0.05) is 6.54 Å². The van der Waals surface area contributed by atoms with Crippen LogP contribution in [-0.2, 0) is 6.54 Å². The number of aromatic nitrogens is 3. The first kappa shape index (κ1) is 9.23. The summed E-state index contributed by atoms with van der Waals surface area (Å²) >= 11 is 6.02. The summed E-state index contributed by atoms with van der Waals surface area (Å²) in [5.74, 6) is 0.486. The van der Waals surface area contributed by atoms with Gasteiger partial charge in [0.2, 0.25) is 5.88 Å². The van der Waals surface area contributed by atoms with Crippen LogP contribution in [0.25, 0.3) is 5.65 Å². The third kappa shape index (κ3) is 1.30. The molecule has 5 nitrogen and oxygen atoms in total. The molecule has 0 aliphatic carbocycles. The highest BCUT2D eigenvalue weighted by molar-refractivity contribution is 6.30. The third-order valence-electron chi connectivity index (χ3n) is 1.90. The zero-order valence-corrected chi connectivity index (χ0v) is 8.32. The van der Waals surface area contributed by atoms with E-state index < -0.39 is 0 Å². The lowest BCUT2D eigenvalue weighted by Gasteiger charge is -1.99. The summed E-state index contributed by atoms with van der Waals surface area (Å²) in [5.41, 5.74) is 6.79. The van der Waals surface area contributed by atoms with Crippen LogP contribution >= 0.6 is 11.6 Å². The minimum Gasteiger partial charge on any atom is -0.480 e. The average Bonchev–Trinajstić information content (AvgIpc) is 2.55. The van der Waals surface area contributed by atoms with E-state index in [2.05, 4.69) is 9.97 Å². The number of imidazole rings is 1. The quantitative estimate of drug-likeness (QED) is 0.802. The largest absolute Gasteiger partial charge is 0.480 e. The maximum atomic E-state index is 6.02. The Labute approximate surface area is 85.5 Å². The Morgan fingerprint density at radius 1 is 1.64 bits per heavy atom. The highest BCUT2D eigenvalue weighted by Gasteiger charge is 2.09. The summed E-state index contributed by atoms with van der Waals surface area (Å²) in [6.07, 6.45) is 3.26. The number of hydrogen-bond donors (Lipinski definition) is 1. The molecule has 14 heavy (non-hydrogen) atoms. The molecule has 0 bridgehead atoms. The van der Waals surface area contributed by atoms with Crippen molar-refractivity contribution in [2.75, 3.05) is 7.11 Å². The average molecular weight is 213 g/mol. The molecule has 0 aliphatic heterocycles. The summed E-state index contributed by atoms with van der Waals surface area (Å²) in [6.45, 7) is 0.308. The fraction of sp³-hybridized carbons (Fsp3) is 0.250. The van der Waals surface area contributed by atoms with E-state index in [1.165, 1.54) is 0 Å². The van der Waals surface area contributed by atoms with E-state index in [9.17, 15) is 0 Å². The topological polar surface area (TPSA) is 65.4 Å². The van der Waals surface area contributed by atoms with Crippen molar-refractivity contribution in [2.24, 2.45) is 5.73 Å². The number of nitrogens with two attached hydrogens (primary N) is 1. The van der Waals surface area contributed by atoms with Crippen molar-refractivity contribution in [2.45, 2.75) is 6.54 Å². The molecule has 6 heteroatoms. The van der Waals surface area contributed by atoms with Gasteiger partial charge in [0.1, 0.15) is 5.15 Å². The van der Waals surface area contributed by atoms with Crippen molar-refractivity contribution in [1.82, 2.24) is 14.4 Å². The van der Waals surface area contributed by atoms with Gasteiger partial charge >= 0.3 is 0 Å². The van der Waals surface area contributed by atoms with Crippen molar-refractivity contribution in [3.8, 4) is 5.88 Å². The Balaban J connectivity index is 2.68. The number of rotatable bonds is 2. The van der Waals surface area contributed by atoms with E-state index in [0.29, 0.717) is 28.9 Å². The molecule has 0 aromatic carbocycles. The van der Waals surface area contributed by atoms with Crippen LogP contribution in [0, 0.1) is 0 Å². The van der Waals surface area contributed by atoms with Crippen LogP contribution in [0.5, 0.6) is 5.88 Å². The fourth-order valence-electron chi connectivity index (χ4n) is 1.19. The Hall–Kier alpha value is -1.33. The summed E-state index contributed by atoms with van der Waals surface area (Å²) in [6, 6.07) is 0. The normalized spacial score (nSPS) is 10.8. The molecule has 0 aliphatic rings. The van der Waals surface area contributed by atoms with Crippen molar-refractivity contribution in [3.63, 3.8) is 0 Å². The number of fused-ring (bicyclic) bond motifs is 1. The van der Waals surface area contributed by atoms with Crippen LogP contribution in [0.3, 0.4) is 0 Å². The summed E-state index contributed by atoms with van der Waals surface area (Å²) in [4.78, 5) is 8.20. The number of nitrogens with zero attached hydrogens (tertiary/aromatic N) is 3. The van der Waals surface area contributed by atoms with E-state index in [1.807, 2.05) is 0 Å². The van der Waals surface area contributed by atoms with Gasteiger partial charge in [-0.1, -0.05) is 11.6 Å². The molecule has 0 saturated carbocycles. The van der Waals surface area contributed by atoms with Crippen molar-refractivity contribution < 1.29 is 4.74 Å². The summed E-state index contributed by atoms with van der Waals surface area (Å²) in [5, 5.41) is 0.503. The molecule has 0 unspecified atom stereocenters. The van der Waals surface area contributed by atoms with Gasteiger partial charge in [-0.25, -0.2) is 9.97 Å². The molecule has 2 heterocycles. The minimum absolute atomic E-state index is 0.308. The van der Waals surface area contributed by atoms with Crippen LogP contribution in [0.2, 0.25) is 5.15 Å². The van der Waals surface area contributed by atoms with Crippen LogP contribution < -0.4 is 10.5 Å². The molecule has 2 aromatic heterocycles. The van der Waals surface area contributed by atoms with Gasteiger partial charge < -0.3 is 10.5 Å². The highest BCUT2D eigenvalue weighted by Crippen LogP contribution is 2.19. The third-order valence-corrected chi connectivity index (χ3v) is 2.30. The van der Waals surface area contributed by atoms with E-state index in [4.69, 9.17) is 22.1 Å². The second-order valence-corrected chi connectivity index (χ2v) is 3.07. The highest BCUT2D eigenvalue weighted by atomic mass is 35.5. The van der Waals surface area contributed by atoms with Gasteiger partial charge in [-0.3, -0.25) is 4.40 Å². The molecule has 0 radical (unpaired) electrons. The first-order chi connectivity index (χ1) is 6.76. The zero-order valence-electron chi connectivity index (χ0n) is 7.57. The van der Waals surface area contributed by atoms with Crippen LogP contribution in [0.1, 0.15) is 5.69 Å². The predicted octanol–water partition coefficient (Wildman–Crippen LogP) is 0.850. The smallest absolute Gasteiger partial charge is 0.230 e. The number of halogens is 1. The predicted molar refractivity (Wildman–Crippen MR) is 52.4 cm³/mol. The molecule has 2 rings (SSSR count). The number of ether oxygens (including phenoxy) is 1. The number of methoxy groups -OCH3 is 1. The lowest BCUT2D eigenvalue weighted by molar-refractivity contribution is 0.395. The number of hydrogen-bond acceptors (Lipinski definition) is 4. The van der Waals surface area contributed by atoms with Gasteiger partial charge in [0.05, 0.1) is 25.2 Å². The van der Waals surface area contributed by atoms with Crippen molar-refractivity contribution in [1.29, 1.82) is 0 Å². The monoisotopic (exact) mass is 212 g/mol. The summed E-state index contributed by atoms with van der Waals surface area (Å²) < 4.78 is 6.66. The Kier molecular flexibility index (Phi) is 2.26. The fourth-order valence-corrected chi connectivity index (χ4v) is 1.45. The SMILES string of the molecule is COc1cn2c(Cl)c(CN)nc2cn1. The van der Waals surface area contributed by atoms with Crippen LogP contribution in [-0.4, -0.2) is 21.5 Å². The Morgan fingerprint density at radius 3 is 3.07 bits per heavy atom. The first-order valence-electron chi connectivity index (χ1n) is 4.02. The van der Waals surface area contributed by atoms with Crippen molar-refractivity contribution >= 4 is 17.2 Å². The van der Waals surface area contributed by atoms with E-state index >= 15 is 0 Å². The van der Waals surface area contributed by atoms with Gasteiger partial charge in [0.25, 0.3) is 0 Å². The van der Waals surface area contributed by atoms with Crippen LogP contribution in [0.15, 0.2) is 12.4 Å². The second-order valence-electron chi connectivity index (χ2n) is 2.71. The molecule has 0 saturated heterocycles. The van der Waals surface area contributed by atoms with Crippen LogP contribution in [0.4, 0.5) is 0 Å². The molecule has 0 amide bonds. The standard InChI is InChI=1S/C8H9ClN4O/c1-14-7-4-13-6(3-11-7)12-5(2-10)8(13)9/h3-4H,2,10H2,1H3. The van der Waals surface area contributed by atoms with Crippen molar-refractivity contribution in [3.05, 3.63) is 23.2 Å². The molecular weight excluding hydrogens is 204 g/mol. The molecular formula is C8H9ClN4O. The lowest BCUT2D eigenvalue weighted by atomic mass is 10.5. The van der Waals surface area contributed by atoms with Gasteiger partial charge in [-0.15, -0.1) is 0 Å². The molecule has 2 aromatic rings. The van der Waals surface area contributed by atoms with Gasteiger partial charge in [0.15, 0.2) is 5.65 Å². The van der Waals surface area contributed by atoms with E-state index in [1.54, 1.807) is 23.9 Å². The van der Waals surface area contributed by atoms with Gasteiger partial charge in [-0.2, -0.15) is 0 Å². The minimum atomic E-state index is 0.308. The zero-order chi connectivity index (χ0) is 10.1. The summed E-state index contributed by atoms with van der Waals surface area (Å²) in [7, 11) is 1.54. The molecule has 74 valence electrons. The maximum Gasteiger partial charge on any atom is 0.230 e. The molecule has 0 atom stereocenters. The molecule has 0 fully saturated rings. The maximum absolute atomic E-state index is 6.02. The first-order valence-corrected chi connectivity index (χ1v) is 4.40. The Bertz CT molecular complexity index is 468. The lowest BCUT2D eigenvalue weighted by Crippen LogP contribution is -1.96. The molecule has 0 spiro atoms.